The summed E-state index contributed by atoms with van der Waals surface area (Å²) in [6.45, 7) is 3.22. The van der Waals surface area contributed by atoms with Crippen molar-refractivity contribution >= 4 is 34.1 Å². The molecule has 0 aliphatic carbocycles. The number of ether oxygens (including phenoxy) is 2. The molecule has 1 aromatic heterocycles. The first-order chi connectivity index (χ1) is 18.6. The summed E-state index contributed by atoms with van der Waals surface area (Å²) in [5, 5.41) is 11.3. The predicted molar refractivity (Wildman–Crippen MR) is 144 cm³/mol. The van der Waals surface area contributed by atoms with Gasteiger partial charge in [0.2, 0.25) is 0 Å². The van der Waals surface area contributed by atoms with Crippen molar-refractivity contribution in [3.63, 3.8) is 0 Å². The van der Waals surface area contributed by atoms with Gasteiger partial charge in [-0.15, -0.1) is 11.3 Å². The standard InChI is InChI=1S/C27H29F2N3O6S/c1-5-14-38-27(34)31(16-19-21(28)8-7-9-22(19)29)25-23(26(33)37-6-2)20(15-30(3)4)24(39-25)17-10-12-18(13-11-17)32(35)36/h7-13H,5-6,14-16H2,1-4H3. The first-order valence-corrected chi connectivity index (χ1v) is 13.0. The summed E-state index contributed by atoms with van der Waals surface area (Å²) in [6, 6.07) is 9.12. The first kappa shape index (κ1) is 29.7. The molecular formula is C27H29F2N3O6S. The molecule has 0 spiro atoms. The Balaban J connectivity index is 2.29. The lowest BCUT2D eigenvalue weighted by Gasteiger charge is -2.23. The van der Waals surface area contributed by atoms with E-state index in [-0.39, 0.29) is 41.6 Å². The second-order valence-electron chi connectivity index (χ2n) is 8.75. The average molecular weight is 562 g/mol. The lowest BCUT2D eigenvalue weighted by Crippen LogP contribution is -2.33. The van der Waals surface area contributed by atoms with Crippen LogP contribution in [0.3, 0.4) is 0 Å². The third-order valence-electron chi connectivity index (χ3n) is 5.56. The summed E-state index contributed by atoms with van der Waals surface area (Å²) < 4.78 is 40.0. The van der Waals surface area contributed by atoms with Crippen molar-refractivity contribution in [1.29, 1.82) is 0 Å². The van der Waals surface area contributed by atoms with E-state index in [2.05, 4.69) is 0 Å². The van der Waals surface area contributed by atoms with Crippen molar-refractivity contribution in [2.45, 2.75) is 33.4 Å². The van der Waals surface area contributed by atoms with Crippen LogP contribution < -0.4 is 4.90 Å². The number of anilines is 1. The quantitative estimate of drug-likeness (QED) is 0.152. The van der Waals surface area contributed by atoms with Gasteiger partial charge in [0.05, 0.1) is 30.2 Å². The van der Waals surface area contributed by atoms with Crippen molar-refractivity contribution in [1.82, 2.24) is 4.90 Å². The third kappa shape index (κ3) is 6.95. The van der Waals surface area contributed by atoms with Gasteiger partial charge < -0.3 is 14.4 Å². The second-order valence-corrected chi connectivity index (χ2v) is 9.75. The minimum Gasteiger partial charge on any atom is -0.462 e. The Morgan fingerprint density at radius 2 is 1.62 bits per heavy atom. The summed E-state index contributed by atoms with van der Waals surface area (Å²) in [4.78, 5) is 40.7. The van der Waals surface area contributed by atoms with Crippen molar-refractivity contribution in [2.75, 3.05) is 32.2 Å². The molecule has 0 fully saturated rings. The molecule has 3 rings (SSSR count). The highest BCUT2D eigenvalue weighted by molar-refractivity contribution is 7.20. The van der Waals surface area contributed by atoms with Crippen LogP contribution in [0, 0.1) is 21.7 Å². The highest BCUT2D eigenvalue weighted by Crippen LogP contribution is 2.44. The lowest BCUT2D eigenvalue weighted by molar-refractivity contribution is -0.384. The first-order valence-electron chi connectivity index (χ1n) is 12.2. The van der Waals surface area contributed by atoms with Gasteiger partial charge in [0.1, 0.15) is 16.6 Å². The molecular weight excluding hydrogens is 532 g/mol. The van der Waals surface area contributed by atoms with Crippen molar-refractivity contribution in [3.8, 4) is 10.4 Å². The number of thiophene rings is 1. The lowest BCUT2D eigenvalue weighted by atomic mass is 10.0. The number of amides is 1. The number of non-ortho nitro benzene ring substituents is 1. The normalized spacial score (nSPS) is 10.9. The number of carbonyl (C=O) groups is 2. The van der Waals surface area contributed by atoms with Gasteiger partial charge in [0.15, 0.2) is 0 Å². The van der Waals surface area contributed by atoms with E-state index in [1.807, 2.05) is 0 Å². The Hall–Kier alpha value is -3.90. The molecule has 0 aliphatic rings. The number of hydrogen-bond acceptors (Lipinski definition) is 8. The monoisotopic (exact) mass is 561 g/mol. The molecule has 0 atom stereocenters. The predicted octanol–water partition coefficient (Wildman–Crippen LogP) is 6.39. The fraction of sp³-hybridized carbons (Fsp3) is 0.333. The molecule has 9 nitrogen and oxygen atoms in total. The van der Waals surface area contributed by atoms with Crippen molar-refractivity contribution in [3.05, 3.63) is 80.9 Å². The number of esters is 1. The van der Waals surface area contributed by atoms with E-state index in [1.54, 1.807) is 32.8 Å². The number of carbonyl (C=O) groups excluding carboxylic acids is 2. The number of benzene rings is 2. The molecule has 0 aliphatic heterocycles. The van der Waals surface area contributed by atoms with Crippen LogP contribution in [0.1, 0.15) is 41.8 Å². The van der Waals surface area contributed by atoms with Crippen molar-refractivity contribution < 1.29 is 32.8 Å². The fourth-order valence-corrected chi connectivity index (χ4v) is 5.11. The van der Waals surface area contributed by atoms with Gasteiger partial charge in [-0.1, -0.05) is 13.0 Å². The minimum atomic E-state index is -0.891. The molecule has 1 amide bonds. The molecule has 2 aromatic carbocycles. The van der Waals surface area contributed by atoms with Crippen LogP contribution in [0.15, 0.2) is 42.5 Å². The number of rotatable bonds is 11. The molecule has 1 heterocycles. The zero-order chi connectivity index (χ0) is 28.7. The van der Waals surface area contributed by atoms with Crippen molar-refractivity contribution in [2.24, 2.45) is 0 Å². The summed E-state index contributed by atoms with van der Waals surface area (Å²) in [7, 11) is 3.57. The number of hydrogen-bond donors (Lipinski definition) is 0. The maximum Gasteiger partial charge on any atom is 0.415 e. The van der Waals surface area contributed by atoms with Gasteiger partial charge >= 0.3 is 12.1 Å². The minimum absolute atomic E-state index is 0.0462. The van der Waals surface area contributed by atoms with E-state index in [4.69, 9.17) is 9.47 Å². The number of nitrogens with zero attached hydrogens (tertiary/aromatic N) is 3. The summed E-state index contributed by atoms with van der Waals surface area (Å²) in [6.07, 6.45) is -0.388. The fourth-order valence-electron chi connectivity index (χ4n) is 3.82. The van der Waals surface area contributed by atoms with E-state index >= 15 is 0 Å². The SMILES string of the molecule is CCCOC(=O)N(Cc1c(F)cccc1F)c1sc(-c2ccc([N+](=O)[O-])cc2)c(CN(C)C)c1C(=O)OCC. The Morgan fingerprint density at radius 3 is 2.15 bits per heavy atom. The van der Waals surface area contributed by atoms with E-state index in [0.29, 0.717) is 22.4 Å². The summed E-state index contributed by atoms with van der Waals surface area (Å²) >= 11 is 1.03. The van der Waals surface area contributed by atoms with Gasteiger partial charge in [-0.3, -0.25) is 15.0 Å². The summed E-state index contributed by atoms with van der Waals surface area (Å²) in [5.74, 6) is -2.45. The van der Waals surface area contributed by atoms with E-state index in [0.717, 1.165) is 28.4 Å². The molecule has 0 radical (unpaired) electrons. The number of halogens is 2. The maximum atomic E-state index is 14.7. The number of nitro benzene ring substituents is 1. The largest absolute Gasteiger partial charge is 0.462 e. The van der Waals surface area contributed by atoms with E-state index < -0.39 is 35.2 Å². The Labute approximate surface area is 228 Å². The topological polar surface area (TPSA) is 102 Å². The smallest absolute Gasteiger partial charge is 0.415 e. The van der Waals surface area contributed by atoms with E-state index in [1.165, 1.54) is 30.3 Å². The van der Waals surface area contributed by atoms with Gasteiger partial charge in [-0.25, -0.2) is 18.4 Å². The highest BCUT2D eigenvalue weighted by Gasteiger charge is 2.33. The van der Waals surface area contributed by atoms with Gasteiger partial charge in [-0.2, -0.15) is 0 Å². The van der Waals surface area contributed by atoms with Crippen LogP contribution in [-0.2, 0) is 22.6 Å². The van der Waals surface area contributed by atoms with Crippen LogP contribution in [0.4, 0.5) is 24.3 Å². The van der Waals surface area contributed by atoms with Gasteiger partial charge in [0.25, 0.3) is 5.69 Å². The van der Waals surface area contributed by atoms with Gasteiger partial charge in [0, 0.05) is 34.7 Å². The molecule has 208 valence electrons. The van der Waals surface area contributed by atoms with Crippen LogP contribution in [0.5, 0.6) is 0 Å². The van der Waals surface area contributed by atoms with Crippen LogP contribution in [-0.4, -0.2) is 49.2 Å². The Kier molecular flexibility index (Phi) is 10.1. The number of nitro groups is 1. The van der Waals surface area contributed by atoms with Gasteiger partial charge in [-0.05, 0) is 57.3 Å². The molecule has 0 saturated carbocycles. The Bertz CT molecular complexity index is 1320. The molecule has 0 saturated heterocycles. The maximum absolute atomic E-state index is 14.7. The molecule has 3 aromatic rings. The molecule has 0 N–H and O–H groups in total. The molecule has 12 heteroatoms. The van der Waals surface area contributed by atoms with E-state index in [9.17, 15) is 28.5 Å². The second kappa shape index (κ2) is 13.3. The Morgan fingerprint density at radius 1 is 0.974 bits per heavy atom. The third-order valence-corrected chi connectivity index (χ3v) is 6.86. The molecule has 39 heavy (non-hydrogen) atoms. The van der Waals surface area contributed by atoms with Crippen LogP contribution in [0.2, 0.25) is 0 Å². The van der Waals surface area contributed by atoms with Crippen LogP contribution >= 0.6 is 11.3 Å². The zero-order valence-corrected chi connectivity index (χ0v) is 22.8. The van der Waals surface area contributed by atoms with Crippen LogP contribution in [0.25, 0.3) is 10.4 Å². The average Bonchev–Trinajstić information content (AvgIpc) is 3.25. The highest BCUT2D eigenvalue weighted by atomic mass is 32.1. The zero-order valence-electron chi connectivity index (χ0n) is 22.0. The molecule has 0 bridgehead atoms. The molecule has 0 unspecified atom stereocenters. The summed E-state index contributed by atoms with van der Waals surface area (Å²) in [5.41, 5.74) is 0.609.